The maximum Gasteiger partial charge on any atom is 0.199 e. The summed E-state index contributed by atoms with van der Waals surface area (Å²) in [5.74, 6) is -2.54. The maximum atomic E-state index is 13.0. The van der Waals surface area contributed by atoms with Crippen LogP contribution in [-0.4, -0.2) is 38.3 Å². The predicted molar refractivity (Wildman–Crippen MR) is 86.4 cm³/mol. The highest BCUT2D eigenvalue weighted by molar-refractivity contribution is 6.32. The minimum absolute atomic E-state index is 0.0204. The molecule has 2 aliphatic rings. The van der Waals surface area contributed by atoms with Crippen LogP contribution in [0.4, 0.5) is 0 Å². The van der Waals surface area contributed by atoms with Crippen LogP contribution in [0.1, 0.15) is 61.1 Å². The summed E-state index contributed by atoms with van der Waals surface area (Å²) in [5.41, 5.74) is -1.19. The summed E-state index contributed by atoms with van der Waals surface area (Å²) >= 11 is 0. The van der Waals surface area contributed by atoms with Crippen molar-refractivity contribution in [2.45, 2.75) is 25.4 Å². The third kappa shape index (κ3) is 2.04. The summed E-state index contributed by atoms with van der Waals surface area (Å²) in [6.45, 7) is 1.54. The van der Waals surface area contributed by atoms with E-state index in [0.29, 0.717) is 5.56 Å². The van der Waals surface area contributed by atoms with E-state index in [2.05, 4.69) is 0 Å². The molecule has 0 aromatic heterocycles. The second-order valence-electron chi connectivity index (χ2n) is 6.81. The summed E-state index contributed by atoms with van der Waals surface area (Å²) in [6, 6.07) is 5.25. The molecule has 0 fully saturated rings. The van der Waals surface area contributed by atoms with Gasteiger partial charge in [0, 0.05) is 29.5 Å². The van der Waals surface area contributed by atoms with E-state index in [1.807, 2.05) is 0 Å². The van der Waals surface area contributed by atoms with Gasteiger partial charge in [-0.25, -0.2) is 0 Å². The van der Waals surface area contributed by atoms with Gasteiger partial charge in [-0.1, -0.05) is 6.07 Å². The van der Waals surface area contributed by atoms with Crippen molar-refractivity contribution < 1.29 is 29.7 Å². The Kier molecular flexibility index (Phi) is 2.96. The Morgan fingerprint density at radius 1 is 0.800 bits per heavy atom. The molecule has 0 saturated carbocycles. The number of ketones is 3. The number of rotatable bonds is 0. The first kappa shape index (κ1) is 15.5. The van der Waals surface area contributed by atoms with Gasteiger partial charge in [0.1, 0.15) is 11.5 Å². The number of hydrogen-bond acceptors (Lipinski definition) is 6. The van der Waals surface area contributed by atoms with Gasteiger partial charge < -0.3 is 15.3 Å². The van der Waals surface area contributed by atoms with E-state index >= 15 is 0 Å². The number of carbonyl (C=O) groups excluding carboxylic acids is 3. The third-order valence-electron chi connectivity index (χ3n) is 4.77. The van der Waals surface area contributed by atoms with Gasteiger partial charge in [-0.3, -0.25) is 14.4 Å². The monoisotopic (exact) mass is 338 g/mol. The molecule has 1 unspecified atom stereocenters. The molecule has 126 valence electrons. The molecule has 1 atom stereocenters. The molecule has 6 nitrogen and oxygen atoms in total. The molecule has 25 heavy (non-hydrogen) atoms. The van der Waals surface area contributed by atoms with Crippen molar-refractivity contribution in [2.75, 3.05) is 0 Å². The van der Waals surface area contributed by atoms with Crippen molar-refractivity contribution >= 4 is 17.3 Å². The molecule has 2 aromatic rings. The molecule has 0 radical (unpaired) electrons. The number of carbonyl (C=O) groups is 3. The van der Waals surface area contributed by atoms with Crippen molar-refractivity contribution in [2.24, 2.45) is 0 Å². The second kappa shape index (κ2) is 4.77. The first-order valence-corrected chi connectivity index (χ1v) is 7.77. The topological polar surface area (TPSA) is 112 Å². The van der Waals surface area contributed by atoms with E-state index in [0.717, 1.165) is 12.1 Å². The van der Waals surface area contributed by atoms with Crippen molar-refractivity contribution in [3.63, 3.8) is 0 Å². The van der Waals surface area contributed by atoms with Crippen molar-refractivity contribution in [1.29, 1.82) is 0 Å². The zero-order valence-corrected chi connectivity index (χ0v) is 13.3. The number of Topliss-reactive ketones (excluding diaryl/α,β-unsaturated/α-hetero) is 1. The van der Waals surface area contributed by atoms with Crippen molar-refractivity contribution in [3.05, 3.63) is 57.6 Å². The molecule has 0 saturated heterocycles. The van der Waals surface area contributed by atoms with Gasteiger partial charge in [0.2, 0.25) is 0 Å². The SMILES string of the molecule is CC1(O)CC(=O)c2c(ccc3c2C(=O)c2c(O)ccc(O)c2C3=O)C1. The second-order valence-corrected chi connectivity index (χ2v) is 6.81. The van der Waals surface area contributed by atoms with E-state index in [9.17, 15) is 29.7 Å². The van der Waals surface area contributed by atoms with Gasteiger partial charge in [-0.2, -0.15) is 0 Å². The molecular formula is C19H14O6. The van der Waals surface area contributed by atoms with Crippen LogP contribution in [0.15, 0.2) is 24.3 Å². The molecule has 0 amide bonds. The maximum absolute atomic E-state index is 13.0. The molecule has 0 aliphatic heterocycles. The summed E-state index contributed by atoms with van der Waals surface area (Å²) < 4.78 is 0. The number of aromatic hydroxyl groups is 2. The van der Waals surface area contributed by atoms with Crippen LogP contribution in [-0.2, 0) is 6.42 Å². The number of hydrogen-bond donors (Lipinski definition) is 3. The fraction of sp³-hybridized carbons (Fsp3) is 0.211. The van der Waals surface area contributed by atoms with Crippen molar-refractivity contribution in [3.8, 4) is 11.5 Å². The molecule has 0 bridgehead atoms. The standard InChI is InChI=1S/C19H14O6/c1-19(25)6-8-2-3-9-14(13(8)12(22)7-19)18(24)16-11(21)5-4-10(20)15(16)17(9)23/h2-5,20-21,25H,6-7H2,1H3. The van der Waals surface area contributed by atoms with Crippen LogP contribution in [0.25, 0.3) is 0 Å². The summed E-state index contributed by atoms with van der Waals surface area (Å²) in [5, 5.41) is 30.2. The van der Waals surface area contributed by atoms with Gasteiger partial charge in [0.05, 0.1) is 16.7 Å². The molecule has 2 aliphatic carbocycles. The molecule has 6 heteroatoms. The first-order chi connectivity index (χ1) is 11.7. The zero-order chi connectivity index (χ0) is 18.1. The fourth-order valence-corrected chi connectivity index (χ4v) is 3.74. The summed E-state index contributed by atoms with van der Waals surface area (Å²) in [4.78, 5) is 38.3. The van der Waals surface area contributed by atoms with Crippen LogP contribution >= 0.6 is 0 Å². The quantitative estimate of drug-likeness (QED) is 0.539. The minimum atomic E-state index is -1.21. The lowest BCUT2D eigenvalue weighted by atomic mass is 9.73. The van der Waals surface area contributed by atoms with Crippen LogP contribution in [0, 0.1) is 0 Å². The Morgan fingerprint density at radius 3 is 2.04 bits per heavy atom. The van der Waals surface area contributed by atoms with E-state index < -0.39 is 34.4 Å². The number of fused-ring (bicyclic) bond motifs is 4. The average Bonchev–Trinajstić information content (AvgIpc) is 2.52. The van der Waals surface area contributed by atoms with Crippen LogP contribution in [0.5, 0.6) is 11.5 Å². The third-order valence-corrected chi connectivity index (χ3v) is 4.77. The Balaban J connectivity index is 2.04. The largest absolute Gasteiger partial charge is 0.507 e. The molecule has 4 rings (SSSR count). The minimum Gasteiger partial charge on any atom is -0.507 e. The number of phenols is 2. The van der Waals surface area contributed by atoms with Gasteiger partial charge in [-0.05, 0) is 30.7 Å². The van der Waals surface area contributed by atoms with E-state index in [1.54, 1.807) is 13.0 Å². The number of aliphatic hydroxyl groups is 1. The Bertz CT molecular complexity index is 999. The lowest BCUT2D eigenvalue weighted by molar-refractivity contribution is 0.0409. The van der Waals surface area contributed by atoms with Crippen LogP contribution in [0.2, 0.25) is 0 Å². The summed E-state index contributed by atoms with van der Waals surface area (Å²) in [7, 11) is 0. The molecule has 0 heterocycles. The van der Waals surface area contributed by atoms with Gasteiger partial charge >= 0.3 is 0 Å². The van der Waals surface area contributed by atoms with Gasteiger partial charge in [0.15, 0.2) is 17.3 Å². The van der Waals surface area contributed by atoms with Crippen molar-refractivity contribution in [1.82, 2.24) is 0 Å². The Hall–Kier alpha value is -2.99. The van der Waals surface area contributed by atoms with E-state index in [1.165, 1.54) is 6.07 Å². The highest BCUT2D eigenvalue weighted by Gasteiger charge is 2.41. The smallest absolute Gasteiger partial charge is 0.199 e. The highest BCUT2D eigenvalue weighted by Crippen LogP contribution is 2.41. The van der Waals surface area contributed by atoms with E-state index in [4.69, 9.17) is 0 Å². The molecule has 3 N–H and O–H groups in total. The highest BCUT2D eigenvalue weighted by atomic mass is 16.3. The molecular weight excluding hydrogens is 324 g/mol. The van der Waals surface area contributed by atoms with Gasteiger partial charge in [0.25, 0.3) is 0 Å². The predicted octanol–water partition coefficient (Wildman–Crippen LogP) is 1.75. The lowest BCUT2D eigenvalue weighted by Gasteiger charge is -2.31. The summed E-state index contributed by atoms with van der Waals surface area (Å²) in [6.07, 6.45) is 0.0263. The fourth-order valence-electron chi connectivity index (χ4n) is 3.74. The lowest BCUT2D eigenvalue weighted by Crippen LogP contribution is -2.37. The first-order valence-electron chi connectivity index (χ1n) is 7.77. The molecule has 2 aromatic carbocycles. The van der Waals surface area contributed by atoms with Crippen LogP contribution < -0.4 is 0 Å². The zero-order valence-electron chi connectivity index (χ0n) is 13.3. The van der Waals surface area contributed by atoms with Crippen LogP contribution in [0.3, 0.4) is 0 Å². The molecule has 0 spiro atoms. The normalized spacial score (nSPS) is 21.6. The Morgan fingerprint density at radius 2 is 1.40 bits per heavy atom. The number of phenolic OH excluding ortho intramolecular Hbond substituents is 2. The number of benzene rings is 2. The van der Waals surface area contributed by atoms with E-state index in [-0.39, 0.29) is 40.7 Å². The van der Waals surface area contributed by atoms with Gasteiger partial charge in [-0.15, -0.1) is 0 Å². The Labute approximate surface area is 142 Å². The average molecular weight is 338 g/mol.